The Balaban J connectivity index is 1.95. The molecule has 33 heavy (non-hydrogen) atoms. The number of nitrogens with zero attached hydrogens (tertiary/aromatic N) is 1. The highest BCUT2D eigenvalue weighted by Crippen LogP contribution is 2.21. The van der Waals surface area contributed by atoms with E-state index in [0.29, 0.717) is 23.0 Å². The fourth-order valence-electron chi connectivity index (χ4n) is 3.61. The number of nitrogens with one attached hydrogen (secondary N) is 1. The van der Waals surface area contributed by atoms with Gasteiger partial charge in [-0.3, -0.25) is 9.59 Å². The van der Waals surface area contributed by atoms with Crippen LogP contribution in [0.5, 0.6) is 0 Å². The van der Waals surface area contributed by atoms with E-state index in [-0.39, 0.29) is 24.8 Å². The van der Waals surface area contributed by atoms with Crippen molar-refractivity contribution in [2.45, 2.75) is 38.8 Å². The Kier molecular flexibility index (Phi) is 9.35. The molecule has 0 bridgehead atoms. The first kappa shape index (κ1) is 24.8. The summed E-state index contributed by atoms with van der Waals surface area (Å²) in [5.74, 6) is -0.318. The van der Waals surface area contributed by atoms with Gasteiger partial charge in [0.15, 0.2) is 0 Å². The normalized spacial score (nSPS) is 11.6. The predicted molar refractivity (Wildman–Crippen MR) is 134 cm³/mol. The van der Waals surface area contributed by atoms with E-state index in [9.17, 15) is 9.59 Å². The molecule has 172 valence electrons. The third-order valence-corrected chi connectivity index (χ3v) is 6.01. The van der Waals surface area contributed by atoms with Crippen molar-refractivity contribution in [2.75, 3.05) is 6.54 Å². The molecule has 0 saturated carbocycles. The third kappa shape index (κ3) is 7.34. The first-order chi connectivity index (χ1) is 16.0. The van der Waals surface area contributed by atoms with Crippen molar-refractivity contribution in [3.8, 4) is 0 Å². The van der Waals surface area contributed by atoms with Crippen LogP contribution in [-0.2, 0) is 29.0 Å². The summed E-state index contributed by atoms with van der Waals surface area (Å²) in [7, 11) is 0. The van der Waals surface area contributed by atoms with Crippen LogP contribution in [0.1, 0.15) is 30.0 Å². The molecule has 0 saturated heterocycles. The van der Waals surface area contributed by atoms with E-state index in [4.69, 9.17) is 23.2 Å². The molecular weight excluding hydrogens is 455 g/mol. The van der Waals surface area contributed by atoms with Gasteiger partial charge in [0.25, 0.3) is 0 Å². The summed E-state index contributed by atoms with van der Waals surface area (Å²) in [4.78, 5) is 28.5. The van der Waals surface area contributed by atoms with Gasteiger partial charge in [0, 0.05) is 29.6 Å². The Hall–Kier alpha value is -2.82. The molecular formula is C27H28Cl2N2O2. The van der Waals surface area contributed by atoms with E-state index in [2.05, 4.69) is 5.32 Å². The molecule has 0 spiro atoms. The predicted octanol–water partition coefficient (Wildman–Crippen LogP) is 5.70. The van der Waals surface area contributed by atoms with Crippen molar-refractivity contribution in [3.63, 3.8) is 0 Å². The maximum absolute atomic E-state index is 13.6. The molecule has 1 N–H and O–H groups in total. The average Bonchev–Trinajstić information content (AvgIpc) is 2.83. The van der Waals surface area contributed by atoms with E-state index in [1.165, 1.54) is 0 Å². The quantitative estimate of drug-likeness (QED) is 0.402. The van der Waals surface area contributed by atoms with Gasteiger partial charge in [0.05, 0.1) is 6.42 Å². The van der Waals surface area contributed by atoms with E-state index in [1.54, 1.807) is 23.1 Å². The molecule has 0 aliphatic heterocycles. The van der Waals surface area contributed by atoms with Gasteiger partial charge >= 0.3 is 0 Å². The lowest BCUT2D eigenvalue weighted by molar-refractivity contribution is -0.140. The smallest absolute Gasteiger partial charge is 0.243 e. The lowest BCUT2D eigenvalue weighted by atomic mass is 10.0. The Labute approximate surface area is 205 Å². The van der Waals surface area contributed by atoms with Crippen LogP contribution < -0.4 is 5.32 Å². The number of amides is 2. The fourth-order valence-corrected chi connectivity index (χ4v) is 3.93. The Morgan fingerprint density at radius 3 is 2.21 bits per heavy atom. The molecule has 0 aliphatic rings. The van der Waals surface area contributed by atoms with Crippen molar-refractivity contribution >= 4 is 35.0 Å². The fraction of sp³-hybridized carbons (Fsp3) is 0.259. The van der Waals surface area contributed by atoms with Crippen LogP contribution in [0.25, 0.3) is 0 Å². The summed E-state index contributed by atoms with van der Waals surface area (Å²) in [6, 6.07) is 23.7. The zero-order chi connectivity index (χ0) is 23.6. The SMILES string of the molecule is CCCNC(=O)[C@H](Cc1ccccc1)N(Cc1ccccc1Cl)C(=O)Cc1ccc(Cl)cc1. The number of rotatable bonds is 10. The van der Waals surface area contributed by atoms with Crippen LogP contribution in [-0.4, -0.2) is 29.3 Å². The number of halogens is 2. The molecule has 3 aromatic carbocycles. The third-order valence-electron chi connectivity index (χ3n) is 5.39. The van der Waals surface area contributed by atoms with Gasteiger partial charge in [-0.1, -0.05) is 90.8 Å². The minimum absolute atomic E-state index is 0.148. The molecule has 4 nitrogen and oxygen atoms in total. The largest absolute Gasteiger partial charge is 0.354 e. The molecule has 0 fully saturated rings. The standard InChI is InChI=1S/C27H28Cl2N2O2/c1-2-16-30-27(33)25(17-20-8-4-3-5-9-20)31(19-22-10-6-7-11-24(22)29)26(32)18-21-12-14-23(28)15-13-21/h3-15,25H,2,16-19H2,1H3,(H,30,33)/t25-/m0/s1. The van der Waals surface area contributed by atoms with E-state index in [0.717, 1.165) is 23.1 Å². The molecule has 3 aromatic rings. The van der Waals surface area contributed by atoms with Gasteiger partial charge in [0.1, 0.15) is 6.04 Å². The van der Waals surface area contributed by atoms with Crippen LogP contribution in [0.4, 0.5) is 0 Å². The van der Waals surface area contributed by atoms with E-state index >= 15 is 0 Å². The molecule has 3 rings (SSSR count). The zero-order valence-electron chi connectivity index (χ0n) is 18.6. The second-order valence-corrected chi connectivity index (χ2v) is 8.76. The molecule has 0 radical (unpaired) electrons. The van der Waals surface area contributed by atoms with E-state index < -0.39 is 6.04 Å². The Morgan fingerprint density at radius 2 is 1.55 bits per heavy atom. The minimum Gasteiger partial charge on any atom is -0.354 e. The van der Waals surface area contributed by atoms with E-state index in [1.807, 2.05) is 67.6 Å². The van der Waals surface area contributed by atoms with Crippen molar-refractivity contribution in [3.05, 3.63) is 106 Å². The van der Waals surface area contributed by atoms with Crippen molar-refractivity contribution in [1.82, 2.24) is 10.2 Å². The number of hydrogen-bond acceptors (Lipinski definition) is 2. The molecule has 0 heterocycles. The average molecular weight is 483 g/mol. The Bertz CT molecular complexity index is 1060. The molecule has 6 heteroatoms. The molecule has 0 unspecified atom stereocenters. The first-order valence-electron chi connectivity index (χ1n) is 11.1. The highest BCUT2D eigenvalue weighted by molar-refractivity contribution is 6.31. The Morgan fingerprint density at radius 1 is 0.879 bits per heavy atom. The topological polar surface area (TPSA) is 49.4 Å². The highest BCUT2D eigenvalue weighted by Gasteiger charge is 2.30. The minimum atomic E-state index is -0.671. The van der Waals surface area contributed by atoms with Crippen molar-refractivity contribution < 1.29 is 9.59 Å². The first-order valence-corrected chi connectivity index (χ1v) is 11.8. The van der Waals surface area contributed by atoms with Crippen LogP contribution >= 0.6 is 23.2 Å². The molecule has 1 atom stereocenters. The maximum atomic E-state index is 13.6. The second kappa shape index (κ2) is 12.4. The molecule has 0 aliphatic carbocycles. The summed E-state index contributed by atoms with van der Waals surface area (Å²) in [5.41, 5.74) is 2.61. The molecule has 0 aromatic heterocycles. The summed E-state index contributed by atoms with van der Waals surface area (Å²) in [6.07, 6.45) is 1.38. The van der Waals surface area contributed by atoms with Gasteiger partial charge < -0.3 is 10.2 Å². The highest BCUT2D eigenvalue weighted by atomic mass is 35.5. The maximum Gasteiger partial charge on any atom is 0.243 e. The monoisotopic (exact) mass is 482 g/mol. The van der Waals surface area contributed by atoms with Crippen LogP contribution in [0.15, 0.2) is 78.9 Å². The van der Waals surface area contributed by atoms with Gasteiger partial charge in [-0.05, 0) is 41.3 Å². The van der Waals surface area contributed by atoms with Crippen LogP contribution in [0.2, 0.25) is 10.0 Å². The summed E-state index contributed by atoms with van der Waals surface area (Å²) in [6.45, 7) is 2.79. The summed E-state index contributed by atoms with van der Waals surface area (Å²) >= 11 is 12.4. The number of benzene rings is 3. The van der Waals surface area contributed by atoms with Crippen molar-refractivity contribution in [1.29, 1.82) is 0 Å². The van der Waals surface area contributed by atoms with Gasteiger partial charge in [-0.25, -0.2) is 0 Å². The summed E-state index contributed by atoms with van der Waals surface area (Å²) < 4.78 is 0. The summed E-state index contributed by atoms with van der Waals surface area (Å²) in [5, 5.41) is 4.15. The van der Waals surface area contributed by atoms with Gasteiger partial charge in [-0.15, -0.1) is 0 Å². The number of carbonyl (C=O) groups is 2. The molecule has 2 amide bonds. The lowest BCUT2D eigenvalue weighted by Gasteiger charge is -2.32. The van der Waals surface area contributed by atoms with Gasteiger partial charge in [0.2, 0.25) is 11.8 Å². The van der Waals surface area contributed by atoms with Gasteiger partial charge in [-0.2, -0.15) is 0 Å². The van der Waals surface area contributed by atoms with Crippen molar-refractivity contribution in [2.24, 2.45) is 0 Å². The second-order valence-electron chi connectivity index (χ2n) is 7.91. The number of carbonyl (C=O) groups excluding carboxylic acids is 2. The number of hydrogen-bond donors (Lipinski definition) is 1. The zero-order valence-corrected chi connectivity index (χ0v) is 20.1. The van der Waals surface area contributed by atoms with Crippen LogP contribution in [0.3, 0.4) is 0 Å². The lowest BCUT2D eigenvalue weighted by Crippen LogP contribution is -2.51. The van der Waals surface area contributed by atoms with Crippen LogP contribution in [0, 0.1) is 0 Å².